The lowest BCUT2D eigenvalue weighted by molar-refractivity contribution is 0.616. The molecule has 0 unspecified atom stereocenters. The largest absolute Gasteiger partial charge is 0.368 e. The molecule has 0 saturated carbocycles. The fourth-order valence-corrected chi connectivity index (χ4v) is 4.08. The third-order valence-corrected chi connectivity index (χ3v) is 5.45. The van der Waals surface area contributed by atoms with E-state index in [1.807, 2.05) is 12.3 Å². The van der Waals surface area contributed by atoms with Gasteiger partial charge in [0.15, 0.2) is 0 Å². The first kappa shape index (κ1) is 19.7. The van der Waals surface area contributed by atoms with Gasteiger partial charge in [0.2, 0.25) is 0 Å². The Morgan fingerprint density at radius 3 is 2.04 bits per heavy atom. The zero-order valence-electron chi connectivity index (χ0n) is 17.6. The first-order valence-corrected chi connectivity index (χ1v) is 10.4. The highest BCUT2D eigenvalue weighted by molar-refractivity contribution is 5.54. The molecule has 0 radical (unpaired) electrons. The molecule has 0 N–H and O–H groups in total. The van der Waals surface area contributed by atoms with Crippen LogP contribution in [0.15, 0.2) is 30.5 Å². The van der Waals surface area contributed by atoms with E-state index in [1.165, 1.54) is 48.7 Å². The highest BCUT2D eigenvalue weighted by atomic mass is 15.2. The number of hydrogen-bond donors (Lipinski definition) is 0. The van der Waals surface area contributed by atoms with Crippen LogP contribution in [0, 0.1) is 6.92 Å². The number of aryl methyl sites for hydroxylation is 3. The highest BCUT2D eigenvalue weighted by Gasteiger charge is 2.20. The molecule has 0 amide bonds. The van der Waals surface area contributed by atoms with Gasteiger partial charge < -0.3 is 9.80 Å². The molecular formula is C23H34N4. The van der Waals surface area contributed by atoms with Crippen molar-refractivity contribution < 1.29 is 0 Å². The number of fused-ring (bicyclic) bond motifs is 2. The van der Waals surface area contributed by atoms with Crippen LogP contribution in [0.25, 0.3) is 0 Å². The lowest BCUT2D eigenvalue weighted by Gasteiger charge is -2.34. The first-order valence-electron chi connectivity index (χ1n) is 10.4. The van der Waals surface area contributed by atoms with Crippen molar-refractivity contribution in [1.82, 2.24) is 9.97 Å². The Morgan fingerprint density at radius 1 is 0.815 bits per heavy atom. The predicted molar refractivity (Wildman–Crippen MR) is 115 cm³/mol. The van der Waals surface area contributed by atoms with Gasteiger partial charge in [-0.15, -0.1) is 0 Å². The molecule has 0 atom stereocenters. The Morgan fingerprint density at radius 2 is 1.41 bits per heavy atom. The van der Waals surface area contributed by atoms with Gasteiger partial charge in [-0.3, -0.25) is 9.97 Å². The molecule has 146 valence electrons. The number of nitrogens with zero attached hydrogens (tertiary/aromatic N) is 4. The van der Waals surface area contributed by atoms with Crippen LogP contribution in [-0.4, -0.2) is 35.1 Å². The number of pyridine rings is 2. The van der Waals surface area contributed by atoms with E-state index in [0.717, 1.165) is 18.5 Å². The van der Waals surface area contributed by atoms with Crippen LogP contribution >= 0.6 is 0 Å². The molecule has 2 aliphatic rings. The summed E-state index contributed by atoms with van der Waals surface area (Å²) in [6, 6.07) is 9.71. The molecule has 4 rings (SSSR count). The standard InChI is InChI=1S/C12H18N2.C11H16N2/c1-9(2)14-8-4-5-11-12(14)7-6-10(3)13-11;1-9(2)13-8-4-5-10-11(13)6-3-7-12-10/h6-7,9H,4-5,8H2,1-3H3;3,6-7,9H,4-5,8H2,1-2H3. The third-order valence-electron chi connectivity index (χ3n) is 5.45. The molecule has 0 fully saturated rings. The molecule has 0 bridgehead atoms. The van der Waals surface area contributed by atoms with E-state index < -0.39 is 0 Å². The average molecular weight is 367 g/mol. The molecule has 4 nitrogen and oxygen atoms in total. The zero-order valence-corrected chi connectivity index (χ0v) is 17.6. The highest BCUT2D eigenvalue weighted by Crippen LogP contribution is 2.27. The summed E-state index contributed by atoms with van der Waals surface area (Å²) in [6.07, 6.45) is 6.64. The van der Waals surface area contributed by atoms with E-state index >= 15 is 0 Å². The van der Waals surface area contributed by atoms with E-state index in [2.05, 4.69) is 72.6 Å². The van der Waals surface area contributed by atoms with Crippen LogP contribution in [0.5, 0.6) is 0 Å². The Labute approximate surface area is 164 Å². The maximum absolute atomic E-state index is 4.60. The fourth-order valence-electron chi connectivity index (χ4n) is 4.08. The Bertz CT molecular complexity index is 754. The normalized spacial score (nSPS) is 16.0. The quantitative estimate of drug-likeness (QED) is 0.765. The van der Waals surface area contributed by atoms with Crippen LogP contribution in [0.1, 0.15) is 57.6 Å². The number of aromatic nitrogens is 2. The van der Waals surface area contributed by atoms with Gasteiger partial charge in [-0.25, -0.2) is 0 Å². The molecule has 2 aromatic heterocycles. The minimum Gasteiger partial charge on any atom is -0.368 e. The summed E-state index contributed by atoms with van der Waals surface area (Å²) in [5, 5.41) is 0. The van der Waals surface area contributed by atoms with Gasteiger partial charge in [-0.2, -0.15) is 0 Å². The van der Waals surface area contributed by atoms with Crippen LogP contribution in [0.4, 0.5) is 11.4 Å². The second-order valence-corrected chi connectivity index (χ2v) is 8.17. The van der Waals surface area contributed by atoms with E-state index in [1.54, 1.807) is 0 Å². The fraction of sp³-hybridized carbons (Fsp3) is 0.565. The van der Waals surface area contributed by atoms with Crippen LogP contribution in [0.3, 0.4) is 0 Å². The molecule has 0 saturated heterocycles. The Kier molecular flexibility index (Phi) is 6.35. The Hall–Kier alpha value is -2.10. The summed E-state index contributed by atoms with van der Waals surface area (Å²) in [5.74, 6) is 0. The summed E-state index contributed by atoms with van der Waals surface area (Å²) < 4.78 is 0. The van der Waals surface area contributed by atoms with Crippen LogP contribution in [0.2, 0.25) is 0 Å². The van der Waals surface area contributed by atoms with E-state index in [4.69, 9.17) is 0 Å². The second kappa shape index (κ2) is 8.73. The van der Waals surface area contributed by atoms with E-state index in [-0.39, 0.29) is 0 Å². The molecule has 4 heteroatoms. The predicted octanol–water partition coefficient (Wildman–Crippen LogP) is 4.79. The van der Waals surface area contributed by atoms with Crippen molar-refractivity contribution in [2.75, 3.05) is 22.9 Å². The molecule has 0 aromatic carbocycles. The first-order chi connectivity index (χ1) is 13.0. The molecule has 2 aromatic rings. The monoisotopic (exact) mass is 366 g/mol. The lowest BCUT2D eigenvalue weighted by Crippen LogP contribution is -2.35. The van der Waals surface area contributed by atoms with E-state index in [9.17, 15) is 0 Å². The lowest BCUT2D eigenvalue weighted by atomic mass is 10.1. The van der Waals surface area contributed by atoms with Gasteiger partial charge in [0, 0.05) is 37.1 Å². The van der Waals surface area contributed by atoms with Crippen LogP contribution in [-0.2, 0) is 12.8 Å². The van der Waals surface area contributed by atoms with Gasteiger partial charge in [0.05, 0.1) is 22.8 Å². The maximum Gasteiger partial charge on any atom is 0.0640 e. The second-order valence-electron chi connectivity index (χ2n) is 8.17. The third kappa shape index (κ3) is 4.60. The molecule has 0 spiro atoms. The van der Waals surface area contributed by atoms with Crippen molar-refractivity contribution in [3.8, 4) is 0 Å². The average Bonchev–Trinajstić information content (AvgIpc) is 2.67. The summed E-state index contributed by atoms with van der Waals surface area (Å²) >= 11 is 0. The number of rotatable bonds is 2. The van der Waals surface area contributed by atoms with Gasteiger partial charge in [-0.1, -0.05) is 0 Å². The number of hydrogen-bond acceptors (Lipinski definition) is 4. The van der Waals surface area contributed by atoms with Crippen molar-refractivity contribution in [3.63, 3.8) is 0 Å². The van der Waals surface area contributed by atoms with Gasteiger partial charge in [0.25, 0.3) is 0 Å². The minimum absolute atomic E-state index is 0.582. The molecule has 4 heterocycles. The summed E-state index contributed by atoms with van der Waals surface area (Å²) in [4.78, 5) is 13.9. The SMILES string of the molecule is CC(C)N1CCCc2ncccc21.Cc1ccc2c(n1)CCCN2C(C)C. The summed E-state index contributed by atoms with van der Waals surface area (Å²) in [5.41, 5.74) is 6.36. The van der Waals surface area contributed by atoms with Gasteiger partial charge in [-0.05, 0) is 84.6 Å². The van der Waals surface area contributed by atoms with Crippen LogP contribution < -0.4 is 9.80 Å². The van der Waals surface area contributed by atoms with Crippen molar-refractivity contribution >= 4 is 11.4 Å². The smallest absolute Gasteiger partial charge is 0.0640 e. The molecule has 2 aliphatic heterocycles. The number of anilines is 2. The zero-order chi connectivity index (χ0) is 19.4. The van der Waals surface area contributed by atoms with Crippen molar-refractivity contribution in [2.45, 2.75) is 72.4 Å². The molecule has 27 heavy (non-hydrogen) atoms. The van der Waals surface area contributed by atoms with Gasteiger partial charge in [0.1, 0.15) is 0 Å². The Balaban J connectivity index is 0.000000156. The maximum atomic E-state index is 4.60. The van der Waals surface area contributed by atoms with Crippen molar-refractivity contribution in [2.24, 2.45) is 0 Å². The topological polar surface area (TPSA) is 32.3 Å². The molecule has 0 aliphatic carbocycles. The molecular weight excluding hydrogens is 332 g/mol. The summed E-state index contributed by atoms with van der Waals surface area (Å²) in [6.45, 7) is 13.4. The van der Waals surface area contributed by atoms with Gasteiger partial charge >= 0.3 is 0 Å². The van der Waals surface area contributed by atoms with Crippen molar-refractivity contribution in [3.05, 3.63) is 47.5 Å². The van der Waals surface area contributed by atoms with E-state index in [0.29, 0.717) is 12.1 Å². The summed E-state index contributed by atoms with van der Waals surface area (Å²) in [7, 11) is 0. The minimum atomic E-state index is 0.582. The van der Waals surface area contributed by atoms with Crippen molar-refractivity contribution in [1.29, 1.82) is 0 Å².